The molecule has 3 aromatic rings. The van der Waals surface area contributed by atoms with Crippen LogP contribution < -0.4 is 10.7 Å². The largest absolute Gasteiger partial charge is 0.375 e. The minimum absolute atomic E-state index is 0.0717. The molecule has 0 radical (unpaired) electrons. The first-order valence-corrected chi connectivity index (χ1v) is 7.59. The molecule has 0 unspecified atom stereocenters. The second kappa shape index (κ2) is 4.37. The number of halogens is 1. The van der Waals surface area contributed by atoms with Crippen LogP contribution in [-0.4, -0.2) is 4.98 Å². The Labute approximate surface area is 132 Å². The van der Waals surface area contributed by atoms with Crippen LogP contribution in [0.3, 0.4) is 0 Å². The molecule has 2 N–H and O–H groups in total. The Morgan fingerprint density at radius 2 is 1.86 bits per heavy atom. The van der Waals surface area contributed by atoms with Gasteiger partial charge in [0.25, 0.3) is 0 Å². The number of anilines is 1. The van der Waals surface area contributed by atoms with Crippen molar-refractivity contribution in [1.29, 1.82) is 0 Å². The Hall–Kier alpha value is -2.26. The van der Waals surface area contributed by atoms with Crippen molar-refractivity contribution < 1.29 is 0 Å². The lowest BCUT2D eigenvalue weighted by Gasteiger charge is -2.35. The van der Waals surface area contributed by atoms with Crippen LogP contribution in [0.25, 0.3) is 22.2 Å². The smallest absolute Gasteiger partial charge is 0.195 e. The van der Waals surface area contributed by atoms with Gasteiger partial charge in [0.05, 0.1) is 11.2 Å². The van der Waals surface area contributed by atoms with Gasteiger partial charge in [-0.25, -0.2) is 0 Å². The molecule has 0 amide bonds. The van der Waals surface area contributed by atoms with Crippen LogP contribution in [-0.2, 0) is 5.54 Å². The lowest BCUT2D eigenvalue weighted by atomic mass is 9.84. The average molecular weight is 311 g/mol. The van der Waals surface area contributed by atoms with Crippen molar-refractivity contribution in [3.05, 3.63) is 63.3 Å². The molecule has 0 spiro atoms. The molecule has 0 bridgehead atoms. The van der Waals surface area contributed by atoms with Gasteiger partial charge in [0, 0.05) is 32.7 Å². The van der Waals surface area contributed by atoms with Gasteiger partial charge < -0.3 is 10.3 Å². The van der Waals surface area contributed by atoms with E-state index in [1.54, 1.807) is 0 Å². The molecule has 0 fully saturated rings. The van der Waals surface area contributed by atoms with Gasteiger partial charge in [-0.05, 0) is 44.2 Å². The minimum atomic E-state index is -0.468. The van der Waals surface area contributed by atoms with Gasteiger partial charge in [-0.2, -0.15) is 0 Å². The van der Waals surface area contributed by atoms with Crippen LogP contribution in [0.15, 0.2) is 47.3 Å². The van der Waals surface area contributed by atoms with Crippen LogP contribution in [0.2, 0.25) is 5.02 Å². The van der Waals surface area contributed by atoms with Gasteiger partial charge in [-0.1, -0.05) is 23.7 Å². The van der Waals surface area contributed by atoms with Gasteiger partial charge >= 0.3 is 0 Å². The van der Waals surface area contributed by atoms with E-state index >= 15 is 0 Å². The predicted octanol–water partition coefficient (Wildman–Crippen LogP) is 4.51. The number of fused-ring (bicyclic) bond motifs is 4. The maximum absolute atomic E-state index is 13.0. The summed E-state index contributed by atoms with van der Waals surface area (Å²) in [6.07, 6.45) is 0. The number of hydrogen-bond donors (Lipinski definition) is 2. The molecule has 4 heteroatoms. The van der Waals surface area contributed by atoms with Gasteiger partial charge in [-0.3, -0.25) is 4.79 Å². The fourth-order valence-corrected chi connectivity index (χ4v) is 3.44. The number of aromatic nitrogens is 1. The third-order valence-electron chi connectivity index (χ3n) is 4.23. The van der Waals surface area contributed by atoms with Crippen molar-refractivity contribution in [2.24, 2.45) is 0 Å². The van der Waals surface area contributed by atoms with E-state index in [1.165, 1.54) is 0 Å². The molecule has 110 valence electrons. The molecule has 1 aliphatic heterocycles. The first-order valence-electron chi connectivity index (χ1n) is 7.21. The SMILES string of the molecule is CC1(C)Nc2cc(Cl)ccc2-c2[nH]c3ccccc3c(=O)c21. The predicted molar refractivity (Wildman–Crippen MR) is 91.7 cm³/mol. The van der Waals surface area contributed by atoms with Crippen molar-refractivity contribution in [1.82, 2.24) is 4.98 Å². The molecule has 3 nitrogen and oxygen atoms in total. The Morgan fingerprint density at radius 3 is 2.68 bits per heavy atom. The number of rotatable bonds is 0. The minimum Gasteiger partial charge on any atom is -0.375 e. The summed E-state index contributed by atoms with van der Waals surface area (Å²) in [4.78, 5) is 16.4. The quantitative estimate of drug-likeness (QED) is 0.641. The van der Waals surface area contributed by atoms with Crippen molar-refractivity contribution in [3.63, 3.8) is 0 Å². The van der Waals surface area contributed by atoms with E-state index in [1.807, 2.05) is 56.3 Å². The zero-order valence-corrected chi connectivity index (χ0v) is 13.1. The Kier molecular flexibility index (Phi) is 2.66. The maximum Gasteiger partial charge on any atom is 0.195 e. The van der Waals surface area contributed by atoms with E-state index in [0.717, 1.165) is 28.0 Å². The summed E-state index contributed by atoms with van der Waals surface area (Å²) < 4.78 is 0. The second-order valence-corrected chi connectivity index (χ2v) is 6.63. The van der Waals surface area contributed by atoms with E-state index in [4.69, 9.17) is 11.6 Å². The molecule has 0 saturated carbocycles. The summed E-state index contributed by atoms with van der Waals surface area (Å²) in [6, 6.07) is 13.3. The van der Waals surface area contributed by atoms with Crippen LogP contribution in [0.4, 0.5) is 5.69 Å². The number of aromatic amines is 1. The van der Waals surface area contributed by atoms with Crippen LogP contribution in [0, 0.1) is 0 Å². The molecule has 4 rings (SSSR count). The maximum atomic E-state index is 13.0. The number of pyridine rings is 1. The fraction of sp³-hybridized carbons (Fsp3) is 0.167. The van der Waals surface area contributed by atoms with Crippen LogP contribution in [0.1, 0.15) is 19.4 Å². The summed E-state index contributed by atoms with van der Waals surface area (Å²) in [6.45, 7) is 4.03. The summed E-state index contributed by atoms with van der Waals surface area (Å²) in [5.74, 6) is 0. The molecule has 2 heterocycles. The van der Waals surface area contributed by atoms with Gasteiger partial charge in [-0.15, -0.1) is 0 Å². The summed E-state index contributed by atoms with van der Waals surface area (Å²) >= 11 is 6.11. The Bertz CT molecular complexity index is 972. The van der Waals surface area contributed by atoms with E-state index in [-0.39, 0.29) is 5.43 Å². The van der Waals surface area contributed by atoms with E-state index < -0.39 is 5.54 Å². The first-order chi connectivity index (χ1) is 10.5. The highest BCUT2D eigenvalue weighted by atomic mass is 35.5. The zero-order chi connectivity index (χ0) is 15.5. The van der Waals surface area contributed by atoms with Crippen LogP contribution >= 0.6 is 11.6 Å². The molecule has 0 saturated heterocycles. The number of hydrogen-bond acceptors (Lipinski definition) is 2. The molecule has 1 aromatic heterocycles. The number of benzene rings is 2. The number of nitrogens with one attached hydrogen (secondary N) is 2. The normalized spacial score (nSPS) is 15.0. The Morgan fingerprint density at radius 1 is 1.09 bits per heavy atom. The molecule has 1 aliphatic rings. The third kappa shape index (κ3) is 1.79. The lowest BCUT2D eigenvalue weighted by molar-refractivity contribution is 0.599. The molecular formula is C18H15ClN2O. The molecule has 22 heavy (non-hydrogen) atoms. The Balaban J connectivity index is 2.17. The molecule has 2 aromatic carbocycles. The topological polar surface area (TPSA) is 44.9 Å². The van der Waals surface area contributed by atoms with Crippen molar-refractivity contribution in [3.8, 4) is 11.3 Å². The van der Waals surface area contributed by atoms with E-state index in [0.29, 0.717) is 10.4 Å². The molecular weight excluding hydrogens is 296 g/mol. The highest BCUT2D eigenvalue weighted by molar-refractivity contribution is 6.31. The summed E-state index contributed by atoms with van der Waals surface area (Å²) in [5, 5.41) is 4.83. The monoisotopic (exact) mass is 310 g/mol. The fourth-order valence-electron chi connectivity index (χ4n) is 3.27. The number of para-hydroxylation sites is 1. The second-order valence-electron chi connectivity index (χ2n) is 6.19. The first kappa shape index (κ1) is 13.4. The third-order valence-corrected chi connectivity index (χ3v) is 4.47. The standard InChI is InChI=1S/C18H15ClN2O/c1-18(2)15-16(11-8-7-10(19)9-14(11)21-18)20-13-6-4-3-5-12(13)17(15)22/h3-9,21H,1-2H3,(H,20,22). The summed E-state index contributed by atoms with van der Waals surface area (Å²) in [5.41, 5.74) is 4.01. The lowest BCUT2D eigenvalue weighted by Crippen LogP contribution is -2.37. The van der Waals surface area contributed by atoms with E-state index in [9.17, 15) is 4.79 Å². The highest BCUT2D eigenvalue weighted by Crippen LogP contribution is 2.42. The van der Waals surface area contributed by atoms with Gasteiger partial charge in [0.1, 0.15) is 0 Å². The molecule has 0 aliphatic carbocycles. The van der Waals surface area contributed by atoms with Gasteiger partial charge in [0.15, 0.2) is 5.43 Å². The molecule has 0 atom stereocenters. The van der Waals surface area contributed by atoms with Crippen LogP contribution in [0.5, 0.6) is 0 Å². The highest BCUT2D eigenvalue weighted by Gasteiger charge is 2.34. The number of H-pyrrole nitrogens is 1. The van der Waals surface area contributed by atoms with Crippen molar-refractivity contribution in [2.45, 2.75) is 19.4 Å². The average Bonchev–Trinajstić information content (AvgIpc) is 2.46. The van der Waals surface area contributed by atoms with Crippen molar-refractivity contribution in [2.75, 3.05) is 5.32 Å². The summed E-state index contributed by atoms with van der Waals surface area (Å²) in [7, 11) is 0. The van der Waals surface area contributed by atoms with Gasteiger partial charge in [0.2, 0.25) is 0 Å². The zero-order valence-electron chi connectivity index (χ0n) is 12.3. The van der Waals surface area contributed by atoms with Crippen molar-refractivity contribution >= 4 is 28.2 Å². The van der Waals surface area contributed by atoms with E-state index in [2.05, 4.69) is 10.3 Å².